The van der Waals surface area contributed by atoms with Gasteiger partial charge in [-0.15, -0.1) is 0 Å². The summed E-state index contributed by atoms with van der Waals surface area (Å²) in [5.74, 6) is -2.53. The number of amides is 4. The van der Waals surface area contributed by atoms with E-state index in [4.69, 9.17) is 25.8 Å². The molecule has 0 spiro atoms. The van der Waals surface area contributed by atoms with E-state index < -0.39 is 53.1 Å². The number of piperidine rings is 1. The highest BCUT2D eigenvalue weighted by Crippen LogP contribution is 2.45. The molecule has 2 aliphatic carbocycles. The summed E-state index contributed by atoms with van der Waals surface area (Å²) < 4.78 is 16.9. The maximum absolute atomic E-state index is 14.8. The number of carbonyl (C=O) groups is 5. The van der Waals surface area contributed by atoms with Gasteiger partial charge < -0.3 is 29.7 Å². The molecular formula is C50H55ClN4O8. The highest BCUT2D eigenvalue weighted by molar-refractivity contribution is 6.30. The number of nitrogens with zero attached hydrogens (tertiary/aromatic N) is 2. The van der Waals surface area contributed by atoms with Crippen molar-refractivity contribution in [3.8, 4) is 11.1 Å². The molecule has 2 saturated heterocycles. The van der Waals surface area contributed by atoms with Crippen molar-refractivity contribution in [2.75, 3.05) is 33.4 Å². The van der Waals surface area contributed by atoms with Crippen molar-refractivity contribution in [2.45, 2.75) is 94.5 Å². The highest BCUT2D eigenvalue weighted by Gasteiger charge is 2.51. The number of carbonyl (C=O) groups excluding carboxylic acids is 5. The molecule has 2 fully saturated rings. The fraction of sp³-hybridized carbons (Fsp3) is 0.420. The smallest absolute Gasteiger partial charge is 0.407 e. The van der Waals surface area contributed by atoms with Crippen LogP contribution in [0, 0.1) is 5.92 Å². The van der Waals surface area contributed by atoms with Gasteiger partial charge in [-0.05, 0) is 110 Å². The van der Waals surface area contributed by atoms with E-state index in [0.717, 1.165) is 46.2 Å². The second kappa shape index (κ2) is 18.2. The van der Waals surface area contributed by atoms with Gasteiger partial charge in [0.1, 0.15) is 24.4 Å². The number of likely N-dealkylation sites (tertiary alicyclic amines) is 1. The van der Waals surface area contributed by atoms with Crippen molar-refractivity contribution >= 4 is 41.4 Å². The van der Waals surface area contributed by atoms with E-state index in [1.54, 1.807) is 37.8 Å². The molecule has 2 aliphatic heterocycles. The Morgan fingerprint density at radius 2 is 1.52 bits per heavy atom. The second-order valence-electron chi connectivity index (χ2n) is 17.8. The summed E-state index contributed by atoms with van der Waals surface area (Å²) in [7, 11) is 1.33. The number of rotatable bonds is 12. The third kappa shape index (κ3) is 9.06. The fourth-order valence-corrected chi connectivity index (χ4v) is 10.5. The number of hydrogen-bond acceptors (Lipinski definition) is 8. The van der Waals surface area contributed by atoms with Crippen LogP contribution in [0.2, 0.25) is 5.02 Å². The number of alkyl carbamates (subject to hydrolysis) is 1. The van der Waals surface area contributed by atoms with E-state index >= 15 is 0 Å². The molecule has 4 amide bonds. The maximum Gasteiger partial charge on any atom is 0.407 e. The molecular weight excluding hydrogens is 820 g/mol. The zero-order chi connectivity index (χ0) is 44.5. The van der Waals surface area contributed by atoms with E-state index in [-0.39, 0.29) is 43.9 Å². The van der Waals surface area contributed by atoms with Gasteiger partial charge in [-0.25, -0.2) is 4.79 Å². The second-order valence-corrected chi connectivity index (χ2v) is 18.3. The number of fused-ring (bicyclic) bond motifs is 4. The minimum atomic E-state index is -1.19. The lowest BCUT2D eigenvalue weighted by Gasteiger charge is -2.46. The number of nitrogens with one attached hydrogen (secondary N) is 2. The van der Waals surface area contributed by atoms with Crippen LogP contribution >= 0.6 is 11.6 Å². The molecule has 5 atom stereocenters. The van der Waals surface area contributed by atoms with Gasteiger partial charge in [-0.3, -0.25) is 24.1 Å². The Labute approximate surface area is 373 Å². The number of hydrogen-bond donors (Lipinski definition) is 2. The zero-order valence-electron chi connectivity index (χ0n) is 36.2. The first-order valence-electron chi connectivity index (χ1n) is 21.9. The Balaban J connectivity index is 0.989. The van der Waals surface area contributed by atoms with Crippen LogP contribution < -0.4 is 10.6 Å². The Kier molecular flexibility index (Phi) is 12.7. The molecule has 0 bridgehead atoms. The highest BCUT2D eigenvalue weighted by atomic mass is 35.5. The van der Waals surface area contributed by atoms with Gasteiger partial charge in [0.2, 0.25) is 17.7 Å². The van der Waals surface area contributed by atoms with E-state index in [0.29, 0.717) is 30.8 Å². The largest absolute Gasteiger partial charge is 0.469 e. The summed E-state index contributed by atoms with van der Waals surface area (Å²) in [6, 6.07) is 29.4. The van der Waals surface area contributed by atoms with Crippen LogP contribution in [-0.2, 0) is 46.2 Å². The molecule has 13 heteroatoms. The molecule has 0 unspecified atom stereocenters. The summed E-state index contributed by atoms with van der Waals surface area (Å²) in [6.45, 7) is 5.62. The molecule has 0 saturated carbocycles. The van der Waals surface area contributed by atoms with Gasteiger partial charge in [-0.1, -0.05) is 96.5 Å². The Morgan fingerprint density at radius 1 is 0.873 bits per heavy atom. The van der Waals surface area contributed by atoms with Crippen molar-refractivity contribution in [1.82, 2.24) is 20.4 Å². The molecule has 4 aromatic rings. The molecule has 330 valence electrons. The zero-order valence-corrected chi connectivity index (χ0v) is 37.0. The van der Waals surface area contributed by atoms with Crippen molar-refractivity contribution in [1.29, 1.82) is 0 Å². The lowest BCUT2D eigenvalue weighted by molar-refractivity contribution is -0.152. The summed E-state index contributed by atoms with van der Waals surface area (Å²) in [5, 5.41) is 6.59. The molecule has 2 heterocycles. The topological polar surface area (TPSA) is 144 Å². The predicted octanol–water partition coefficient (Wildman–Crippen LogP) is 7.16. The van der Waals surface area contributed by atoms with Gasteiger partial charge in [0.15, 0.2) is 0 Å². The minimum absolute atomic E-state index is 0.0603. The van der Waals surface area contributed by atoms with Crippen LogP contribution in [-0.4, -0.2) is 96.3 Å². The van der Waals surface area contributed by atoms with Gasteiger partial charge in [0.05, 0.1) is 31.6 Å². The van der Waals surface area contributed by atoms with Crippen LogP contribution in [0.5, 0.6) is 0 Å². The minimum Gasteiger partial charge on any atom is -0.469 e. The SMILES string of the molecule is COC(=O)C[C@H](C(=O)N1CCC[C@](Cc2ccc(Cl)cc2)(NC(=O)[C@@H]2COC(C)(C)N2C(=O)[C@H](C)NC(=O)OCC2c3ccccc3-c3ccccc32)C1)[C@@H]1CCc2ccccc21. The quantitative estimate of drug-likeness (QED) is 0.143. The summed E-state index contributed by atoms with van der Waals surface area (Å²) in [6.07, 6.45) is 2.25. The Bertz CT molecular complexity index is 2340. The molecule has 12 nitrogen and oxygen atoms in total. The van der Waals surface area contributed by atoms with E-state index in [1.165, 1.54) is 17.6 Å². The third-order valence-electron chi connectivity index (χ3n) is 13.4. The van der Waals surface area contributed by atoms with Crippen molar-refractivity contribution in [2.24, 2.45) is 5.92 Å². The maximum atomic E-state index is 14.8. The molecule has 0 aromatic heterocycles. The normalized spacial score (nSPS) is 22.0. The lowest BCUT2D eigenvalue weighted by atomic mass is 9.80. The van der Waals surface area contributed by atoms with Crippen LogP contribution in [0.25, 0.3) is 11.1 Å². The molecule has 4 aromatic carbocycles. The first-order chi connectivity index (χ1) is 30.3. The average molecular weight is 875 g/mol. The van der Waals surface area contributed by atoms with Crippen LogP contribution in [0.4, 0.5) is 4.79 Å². The molecule has 63 heavy (non-hydrogen) atoms. The predicted molar refractivity (Wildman–Crippen MR) is 238 cm³/mol. The van der Waals surface area contributed by atoms with Crippen molar-refractivity contribution < 1.29 is 38.2 Å². The number of esters is 1. The number of ether oxygens (including phenoxy) is 3. The molecule has 2 N–H and O–H groups in total. The lowest BCUT2D eigenvalue weighted by Crippen LogP contribution is -2.65. The van der Waals surface area contributed by atoms with Gasteiger partial charge in [0, 0.05) is 24.0 Å². The first kappa shape index (κ1) is 43.9. The van der Waals surface area contributed by atoms with Crippen LogP contribution in [0.1, 0.15) is 86.1 Å². The summed E-state index contributed by atoms with van der Waals surface area (Å²) in [4.78, 5) is 73.1. The number of halogens is 1. The van der Waals surface area contributed by atoms with E-state index in [9.17, 15) is 24.0 Å². The monoisotopic (exact) mass is 874 g/mol. The summed E-state index contributed by atoms with van der Waals surface area (Å²) >= 11 is 6.28. The molecule has 8 rings (SSSR count). The number of methoxy groups -OCH3 is 1. The van der Waals surface area contributed by atoms with Gasteiger partial charge in [0.25, 0.3) is 0 Å². The van der Waals surface area contributed by atoms with E-state index in [2.05, 4.69) is 28.8 Å². The van der Waals surface area contributed by atoms with E-state index in [1.807, 2.05) is 66.7 Å². The first-order valence-corrected chi connectivity index (χ1v) is 22.2. The molecule has 4 aliphatic rings. The van der Waals surface area contributed by atoms with Gasteiger partial charge in [-0.2, -0.15) is 0 Å². The standard InChI is InChI=1S/C50H55ClN4O8/c1-31(52-48(60)62-28-42-38-16-9-7-14-36(38)37-15-8-10-17-39(37)42)46(58)55-43(29-63-49(55,2)3)45(57)53-50(27-32-18-21-34(51)22-19-32)24-11-25-54(30-50)47(59)41(26-44(56)61-4)40-23-20-33-12-5-6-13-35(33)40/h5-10,12-19,21-22,31,40-43H,11,20,23-30H2,1-4H3,(H,52,60)(H,53,57)/t31-,40+,41-,43-,50+/m0/s1. The average Bonchev–Trinajstić information content (AvgIpc) is 3.96. The van der Waals surface area contributed by atoms with Crippen molar-refractivity contribution in [3.63, 3.8) is 0 Å². The van der Waals surface area contributed by atoms with Gasteiger partial charge >= 0.3 is 12.1 Å². The number of benzene rings is 4. The van der Waals surface area contributed by atoms with Crippen molar-refractivity contribution in [3.05, 3.63) is 130 Å². The number of aryl methyl sites for hydroxylation is 1. The molecule has 0 radical (unpaired) electrons. The fourth-order valence-electron chi connectivity index (χ4n) is 10.4. The third-order valence-corrected chi connectivity index (χ3v) is 13.7. The van der Waals surface area contributed by atoms with Crippen LogP contribution in [0.15, 0.2) is 97.1 Å². The Hall–Kier alpha value is -5.72. The van der Waals surface area contributed by atoms with Crippen LogP contribution in [0.3, 0.4) is 0 Å². The Morgan fingerprint density at radius 3 is 2.21 bits per heavy atom. The summed E-state index contributed by atoms with van der Waals surface area (Å²) in [5.41, 5.74) is 5.37.